The maximum Gasteiger partial charge on any atom is 0.261 e. The number of hydrogen-bond donors (Lipinski definition) is 3. The predicted molar refractivity (Wildman–Crippen MR) is 127 cm³/mol. The van der Waals surface area contributed by atoms with Gasteiger partial charge in [-0.3, -0.25) is 20.4 Å². The zero-order chi connectivity index (χ0) is 23.0. The van der Waals surface area contributed by atoms with E-state index in [4.69, 9.17) is 0 Å². The van der Waals surface area contributed by atoms with Gasteiger partial charge in [-0.1, -0.05) is 52.6 Å². The van der Waals surface area contributed by atoms with E-state index in [1.54, 1.807) is 48.5 Å². The Bertz CT molecular complexity index is 1070. The van der Waals surface area contributed by atoms with Crippen LogP contribution in [0.3, 0.4) is 0 Å². The highest BCUT2D eigenvalue weighted by molar-refractivity contribution is 7.92. The second-order valence-electron chi connectivity index (χ2n) is 7.47. The van der Waals surface area contributed by atoms with Crippen molar-refractivity contribution in [1.82, 2.24) is 5.43 Å². The van der Waals surface area contributed by atoms with Gasteiger partial charge in [0.2, 0.25) is 5.91 Å². The van der Waals surface area contributed by atoms with Crippen molar-refractivity contribution in [1.29, 1.82) is 0 Å². The lowest BCUT2D eigenvalue weighted by Crippen LogP contribution is -2.26. The number of rotatable bonds is 5. The van der Waals surface area contributed by atoms with Crippen molar-refractivity contribution in [2.45, 2.75) is 39.5 Å². The summed E-state index contributed by atoms with van der Waals surface area (Å²) in [6, 6.07) is 19.7. The van der Waals surface area contributed by atoms with Gasteiger partial charge in [0.15, 0.2) is 0 Å². The predicted octanol–water partition coefficient (Wildman–Crippen LogP) is 4.87. The number of amides is 1. The van der Waals surface area contributed by atoms with Crippen LogP contribution in [0.1, 0.15) is 29.2 Å². The summed E-state index contributed by atoms with van der Waals surface area (Å²) >= 11 is 0. The minimum atomic E-state index is -3.61. The Morgan fingerprint density at radius 2 is 1.13 bits per heavy atom. The van der Waals surface area contributed by atoms with Gasteiger partial charge < -0.3 is 0 Å². The van der Waals surface area contributed by atoms with E-state index in [0.717, 1.165) is 5.56 Å². The van der Waals surface area contributed by atoms with Gasteiger partial charge in [-0.15, -0.1) is 0 Å². The van der Waals surface area contributed by atoms with Crippen molar-refractivity contribution in [2.75, 3.05) is 10.1 Å². The third-order valence-electron chi connectivity index (χ3n) is 4.22. The molecule has 0 aliphatic carbocycles. The zero-order valence-corrected chi connectivity index (χ0v) is 19.3. The molecule has 3 N–H and O–H groups in total. The summed E-state index contributed by atoms with van der Waals surface area (Å²) < 4.78 is 27.0. The van der Waals surface area contributed by atoms with Crippen LogP contribution in [0.15, 0.2) is 71.6 Å². The number of hydrazine groups is 1. The molecule has 0 heterocycles. The molecule has 3 aromatic rings. The lowest BCUT2D eigenvalue weighted by Gasteiger charge is -2.10. The molecule has 0 saturated heterocycles. The molecule has 3 rings (SSSR count). The molecule has 1 amide bonds. The molecular formula is C24H29N3O3S. The molecule has 3 aromatic carbocycles. The van der Waals surface area contributed by atoms with Crippen LogP contribution in [0.5, 0.6) is 0 Å². The fraction of sp³-hybridized carbons (Fsp3) is 0.208. The molecule has 0 atom stereocenters. The number of carbonyl (C=O) groups is 1. The van der Waals surface area contributed by atoms with Gasteiger partial charge in [-0.2, -0.15) is 0 Å². The number of sulfonamides is 1. The molecule has 0 aliphatic heterocycles. The van der Waals surface area contributed by atoms with Crippen LogP contribution in [0, 0.1) is 27.7 Å². The molecular weight excluding hydrogens is 410 g/mol. The van der Waals surface area contributed by atoms with Crippen molar-refractivity contribution in [2.24, 2.45) is 0 Å². The summed E-state index contributed by atoms with van der Waals surface area (Å²) in [6.07, 6.45) is 0. The highest BCUT2D eigenvalue weighted by Crippen LogP contribution is 2.18. The number of nitrogens with one attached hydrogen (secondary N) is 3. The van der Waals surface area contributed by atoms with Crippen molar-refractivity contribution < 1.29 is 13.2 Å². The molecule has 31 heavy (non-hydrogen) atoms. The smallest absolute Gasteiger partial charge is 0.261 e. The quantitative estimate of drug-likeness (QED) is 0.495. The van der Waals surface area contributed by atoms with Gasteiger partial charge >= 0.3 is 0 Å². The molecule has 0 saturated carbocycles. The lowest BCUT2D eigenvalue weighted by atomic mass is 10.1. The highest BCUT2D eigenvalue weighted by Gasteiger charge is 2.13. The van der Waals surface area contributed by atoms with Crippen LogP contribution in [0.25, 0.3) is 0 Å². The van der Waals surface area contributed by atoms with E-state index >= 15 is 0 Å². The van der Waals surface area contributed by atoms with Gasteiger partial charge in [-0.25, -0.2) is 8.42 Å². The van der Waals surface area contributed by atoms with Gasteiger partial charge in [0.05, 0.1) is 10.6 Å². The standard InChI is InChI=1S/C15H17N3O3S.C9H12/c1-11-3-9-15(10-4-11)22(20,21)18-14-7-5-13(6-8-14)17-16-12(2)19;1-7-4-8(2)6-9(3)5-7/h3-10,17-18H,1-2H3,(H,16,19);4-6H,1-3H3. The molecule has 0 bridgehead atoms. The number of anilines is 2. The summed E-state index contributed by atoms with van der Waals surface area (Å²) in [5.74, 6) is -0.218. The molecule has 0 spiro atoms. The first kappa shape index (κ1) is 24.0. The summed E-state index contributed by atoms with van der Waals surface area (Å²) in [5, 5.41) is 0. The summed E-state index contributed by atoms with van der Waals surface area (Å²) in [4.78, 5) is 11.0. The number of hydrogen-bond acceptors (Lipinski definition) is 4. The Labute approximate surface area is 184 Å². The number of carbonyl (C=O) groups excluding carboxylic acids is 1. The SMILES string of the molecule is CC(=O)NNc1ccc(NS(=O)(=O)c2ccc(C)cc2)cc1.Cc1cc(C)cc(C)c1. The minimum Gasteiger partial charge on any atom is -0.299 e. The van der Waals surface area contributed by atoms with Crippen molar-refractivity contribution in [3.05, 3.63) is 89.0 Å². The Hall–Kier alpha value is -3.32. The monoisotopic (exact) mass is 439 g/mol. The second kappa shape index (κ2) is 10.6. The molecule has 7 heteroatoms. The van der Waals surface area contributed by atoms with E-state index in [0.29, 0.717) is 11.4 Å². The van der Waals surface area contributed by atoms with E-state index in [1.165, 1.54) is 23.6 Å². The summed E-state index contributed by atoms with van der Waals surface area (Å²) in [5.41, 5.74) is 11.3. The van der Waals surface area contributed by atoms with Crippen molar-refractivity contribution in [3.63, 3.8) is 0 Å². The number of benzene rings is 3. The van der Waals surface area contributed by atoms with Crippen LogP contribution in [-0.4, -0.2) is 14.3 Å². The molecule has 0 unspecified atom stereocenters. The maximum absolute atomic E-state index is 12.2. The fourth-order valence-corrected chi connectivity index (χ4v) is 3.97. The Kier molecular flexibility index (Phi) is 8.22. The summed E-state index contributed by atoms with van der Waals surface area (Å²) in [7, 11) is -3.61. The van der Waals surface area contributed by atoms with Crippen LogP contribution in [-0.2, 0) is 14.8 Å². The van der Waals surface area contributed by atoms with Gasteiger partial charge in [0, 0.05) is 12.6 Å². The molecule has 0 aliphatic rings. The third-order valence-corrected chi connectivity index (χ3v) is 5.61. The summed E-state index contributed by atoms with van der Waals surface area (Å²) in [6.45, 7) is 9.65. The maximum atomic E-state index is 12.2. The van der Waals surface area contributed by atoms with Crippen LogP contribution >= 0.6 is 0 Å². The van der Waals surface area contributed by atoms with Crippen LogP contribution in [0.4, 0.5) is 11.4 Å². The Morgan fingerprint density at radius 3 is 1.58 bits per heavy atom. The van der Waals surface area contributed by atoms with Crippen LogP contribution < -0.4 is 15.6 Å². The van der Waals surface area contributed by atoms with Crippen molar-refractivity contribution >= 4 is 27.3 Å². The minimum absolute atomic E-state index is 0.207. The average molecular weight is 440 g/mol. The highest BCUT2D eigenvalue weighted by atomic mass is 32.2. The largest absolute Gasteiger partial charge is 0.299 e. The third kappa shape index (κ3) is 8.14. The Balaban J connectivity index is 0.000000316. The van der Waals surface area contributed by atoms with Gasteiger partial charge in [0.25, 0.3) is 10.0 Å². The first-order valence-corrected chi connectivity index (χ1v) is 11.3. The van der Waals surface area contributed by atoms with Gasteiger partial charge in [0.1, 0.15) is 0 Å². The van der Waals surface area contributed by atoms with Crippen molar-refractivity contribution in [3.8, 4) is 0 Å². The topological polar surface area (TPSA) is 87.3 Å². The molecule has 0 radical (unpaired) electrons. The van der Waals surface area contributed by atoms with E-state index in [2.05, 4.69) is 54.5 Å². The van der Waals surface area contributed by atoms with E-state index in [1.807, 2.05) is 6.92 Å². The fourth-order valence-electron chi connectivity index (χ4n) is 2.92. The second-order valence-corrected chi connectivity index (χ2v) is 9.15. The molecule has 0 aromatic heterocycles. The van der Waals surface area contributed by atoms with E-state index in [9.17, 15) is 13.2 Å². The Morgan fingerprint density at radius 1 is 0.677 bits per heavy atom. The molecule has 164 valence electrons. The molecule has 6 nitrogen and oxygen atoms in total. The average Bonchev–Trinajstić information content (AvgIpc) is 2.67. The lowest BCUT2D eigenvalue weighted by molar-refractivity contribution is -0.118. The van der Waals surface area contributed by atoms with E-state index < -0.39 is 10.0 Å². The zero-order valence-electron chi connectivity index (χ0n) is 18.5. The number of aryl methyl sites for hydroxylation is 4. The van der Waals surface area contributed by atoms with E-state index in [-0.39, 0.29) is 10.8 Å². The van der Waals surface area contributed by atoms with Crippen LogP contribution in [0.2, 0.25) is 0 Å². The van der Waals surface area contributed by atoms with Gasteiger partial charge in [-0.05, 0) is 64.1 Å². The molecule has 0 fully saturated rings. The first-order valence-electron chi connectivity index (χ1n) is 9.82. The first-order chi connectivity index (χ1) is 14.5. The normalized spacial score (nSPS) is 10.5.